The molecule has 2 N–H and O–H groups in total. The fourth-order valence-corrected chi connectivity index (χ4v) is 1.79. The Labute approximate surface area is 133 Å². The van der Waals surface area contributed by atoms with Crippen molar-refractivity contribution in [1.82, 2.24) is 10.8 Å². The van der Waals surface area contributed by atoms with Gasteiger partial charge in [-0.05, 0) is 29.8 Å². The van der Waals surface area contributed by atoms with Gasteiger partial charge in [-0.1, -0.05) is 41.9 Å². The molecule has 0 saturated heterocycles. The topological polar surface area (TPSA) is 67.4 Å². The summed E-state index contributed by atoms with van der Waals surface area (Å²) in [5, 5.41) is 3.14. The van der Waals surface area contributed by atoms with Crippen LogP contribution in [-0.2, 0) is 16.2 Å². The zero-order chi connectivity index (χ0) is 15.8. The molecule has 0 heterocycles. The molecule has 0 radical (unpaired) electrons. The smallest absolute Gasteiger partial charge is 0.262 e. The molecule has 5 nitrogen and oxygen atoms in total. The van der Waals surface area contributed by atoms with E-state index in [2.05, 4.69) is 10.8 Å². The SMILES string of the molecule is O=C(CNC(=O)c1ccccc1)NOCc1ccc(Cl)cc1. The van der Waals surface area contributed by atoms with E-state index in [1.807, 2.05) is 6.07 Å². The van der Waals surface area contributed by atoms with E-state index in [0.29, 0.717) is 10.6 Å². The van der Waals surface area contributed by atoms with Crippen LogP contribution in [0, 0.1) is 0 Å². The first-order chi connectivity index (χ1) is 10.6. The predicted octanol–water partition coefficient (Wildman–Crippen LogP) is 2.32. The minimum absolute atomic E-state index is 0.158. The van der Waals surface area contributed by atoms with Crippen molar-refractivity contribution >= 4 is 23.4 Å². The molecule has 114 valence electrons. The van der Waals surface area contributed by atoms with Crippen LogP contribution in [0.2, 0.25) is 5.02 Å². The third-order valence-electron chi connectivity index (χ3n) is 2.78. The molecule has 2 amide bonds. The number of carbonyl (C=O) groups is 2. The second-order valence-corrected chi connectivity index (χ2v) is 4.93. The number of hydrogen-bond donors (Lipinski definition) is 2. The Bertz CT molecular complexity index is 630. The second kappa shape index (κ2) is 8.17. The molecule has 0 atom stereocenters. The van der Waals surface area contributed by atoms with Crippen molar-refractivity contribution in [3.63, 3.8) is 0 Å². The maximum Gasteiger partial charge on any atom is 0.262 e. The number of benzene rings is 2. The largest absolute Gasteiger partial charge is 0.343 e. The quantitative estimate of drug-likeness (QED) is 0.803. The average molecular weight is 319 g/mol. The molecule has 0 fully saturated rings. The summed E-state index contributed by atoms with van der Waals surface area (Å²) in [5.74, 6) is -0.744. The highest BCUT2D eigenvalue weighted by Gasteiger charge is 2.07. The molecular weight excluding hydrogens is 304 g/mol. The molecule has 2 aromatic rings. The zero-order valence-electron chi connectivity index (χ0n) is 11.7. The summed E-state index contributed by atoms with van der Waals surface area (Å²) in [6, 6.07) is 15.7. The van der Waals surface area contributed by atoms with E-state index in [-0.39, 0.29) is 19.1 Å². The minimum atomic E-state index is -0.432. The van der Waals surface area contributed by atoms with Gasteiger partial charge < -0.3 is 5.32 Å². The van der Waals surface area contributed by atoms with Gasteiger partial charge in [0, 0.05) is 10.6 Å². The van der Waals surface area contributed by atoms with Crippen molar-refractivity contribution in [1.29, 1.82) is 0 Å². The van der Waals surface area contributed by atoms with E-state index < -0.39 is 5.91 Å². The molecule has 0 bridgehead atoms. The van der Waals surface area contributed by atoms with Gasteiger partial charge in [0.25, 0.3) is 11.8 Å². The minimum Gasteiger partial charge on any atom is -0.343 e. The molecule has 0 aliphatic rings. The van der Waals surface area contributed by atoms with E-state index in [1.54, 1.807) is 48.5 Å². The molecule has 6 heteroatoms. The van der Waals surface area contributed by atoms with Crippen molar-refractivity contribution in [2.45, 2.75) is 6.61 Å². The Morgan fingerprint density at radius 3 is 2.36 bits per heavy atom. The van der Waals surface area contributed by atoms with Gasteiger partial charge in [0.1, 0.15) is 0 Å². The van der Waals surface area contributed by atoms with E-state index in [0.717, 1.165) is 5.56 Å². The van der Waals surface area contributed by atoms with Crippen molar-refractivity contribution in [2.75, 3.05) is 6.54 Å². The van der Waals surface area contributed by atoms with Gasteiger partial charge in [0.15, 0.2) is 0 Å². The van der Waals surface area contributed by atoms with E-state index >= 15 is 0 Å². The van der Waals surface area contributed by atoms with Crippen LogP contribution in [-0.4, -0.2) is 18.4 Å². The third-order valence-corrected chi connectivity index (χ3v) is 3.04. The molecule has 0 aliphatic carbocycles. The zero-order valence-corrected chi connectivity index (χ0v) is 12.5. The van der Waals surface area contributed by atoms with Gasteiger partial charge in [-0.15, -0.1) is 0 Å². The van der Waals surface area contributed by atoms with Gasteiger partial charge in [-0.25, -0.2) is 5.48 Å². The van der Waals surface area contributed by atoms with Gasteiger partial charge in [0.05, 0.1) is 13.2 Å². The lowest BCUT2D eigenvalue weighted by atomic mass is 10.2. The van der Waals surface area contributed by atoms with E-state index in [4.69, 9.17) is 16.4 Å². The number of rotatable bonds is 6. The summed E-state index contributed by atoms with van der Waals surface area (Å²) in [4.78, 5) is 28.3. The fourth-order valence-electron chi connectivity index (χ4n) is 1.67. The van der Waals surface area contributed by atoms with Crippen molar-refractivity contribution < 1.29 is 14.4 Å². The standard InChI is InChI=1S/C16H15ClN2O3/c17-14-8-6-12(7-9-14)11-22-19-15(20)10-18-16(21)13-4-2-1-3-5-13/h1-9H,10-11H2,(H,18,21)(H,19,20). The molecule has 0 spiro atoms. The molecule has 2 aromatic carbocycles. The molecule has 2 rings (SSSR count). The van der Waals surface area contributed by atoms with Crippen LogP contribution >= 0.6 is 11.6 Å². The van der Waals surface area contributed by atoms with Gasteiger partial charge in [-0.3, -0.25) is 14.4 Å². The van der Waals surface area contributed by atoms with Crippen LogP contribution in [0.15, 0.2) is 54.6 Å². The normalized spacial score (nSPS) is 10.0. The first-order valence-corrected chi connectivity index (χ1v) is 7.01. The third kappa shape index (κ3) is 5.20. The van der Waals surface area contributed by atoms with E-state index in [9.17, 15) is 9.59 Å². The highest BCUT2D eigenvalue weighted by Crippen LogP contribution is 2.09. The number of nitrogens with one attached hydrogen (secondary N) is 2. The van der Waals surface area contributed by atoms with Crippen LogP contribution in [0.25, 0.3) is 0 Å². The Hall–Kier alpha value is -2.37. The monoisotopic (exact) mass is 318 g/mol. The summed E-state index contributed by atoms with van der Waals surface area (Å²) in [7, 11) is 0. The first-order valence-electron chi connectivity index (χ1n) is 6.63. The Morgan fingerprint density at radius 1 is 1.00 bits per heavy atom. The summed E-state index contributed by atoms with van der Waals surface area (Å²) >= 11 is 5.77. The molecular formula is C16H15ClN2O3. The van der Waals surface area contributed by atoms with Crippen LogP contribution < -0.4 is 10.8 Å². The fraction of sp³-hybridized carbons (Fsp3) is 0.125. The number of amides is 2. The number of hydrogen-bond acceptors (Lipinski definition) is 3. The summed E-state index contributed by atoms with van der Waals surface area (Å²) in [6.45, 7) is 0.0594. The predicted molar refractivity (Wildman–Crippen MR) is 83.2 cm³/mol. The highest BCUT2D eigenvalue weighted by atomic mass is 35.5. The van der Waals surface area contributed by atoms with Crippen LogP contribution in [0.4, 0.5) is 0 Å². The van der Waals surface area contributed by atoms with E-state index in [1.165, 1.54) is 0 Å². The number of carbonyl (C=O) groups excluding carboxylic acids is 2. The van der Waals surface area contributed by atoms with Crippen LogP contribution in [0.5, 0.6) is 0 Å². The lowest BCUT2D eigenvalue weighted by molar-refractivity contribution is -0.133. The Balaban J connectivity index is 1.68. The van der Waals surface area contributed by atoms with Crippen molar-refractivity contribution in [3.05, 3.63) is 70.7 Å². The van der Waals surface area contributed by atoms with Gasteiger partial charge >= 0.3 is 0 Å². The lowest BCUT2D eigenvalue weighted by Crippen LogP contribution is -2.36. The second-order valence-electron chi connectivity index (χ2n) is 4.49. The van der Waals surface area contributed by atoms with Gasteiger partial charge in [-0.2, -0.15) is 0 Å². The average Bonchev–Trinajstić information content (AvgIpc) is 2.55. The first kappa shape index (κ1) is 16.0. The molecule has 0 aliphatic heterocycles. The Kier molecular flexibility index (Phi) is 5.94. The van der Waals surface area contributed by atoms with Crippen LogP contribution in [0.1, 0.15) is 15.9 Å². The lowest BCUT2D eigenvalue weighted by Gasteiger charge is -2.07. The maximum atomic E-state index is 11.7. The summed E-state index contributed by atoms with van der Waals surface area (Å²) in [5.41, 5.74) is 3.64. The molecule has 0 aromatic heterocycles. The number of hydroxylamine groups is 1. The summed E-state index contributed by atoms with van der Waals surface area (Å²) < 4.78 is 0. The molecule has 0 unspecified atom stereocenters. The van der Waals surface area contributed by atoms with Crippen LogP contribution in [0.3, 0.4) is 0 Å². The van der Waals surface area contributed by atoms with Gasteiger partial charge in [0.2, 0.25) is 0 Å². The molecule has 0 saturated carbocycles. The van der Waals surface area contributed by atoms with Crippen molar-refractivity contribution in [2.24, 2.45) is 0 Å². The van der Waals surface area contributed by atoms with Crippen molar-refractivity contribution in [3.8, 4) is 0 Å². The highest BCUT2D eigenvalue weighted by molar-refractivity contribution is 6.30. The molecule has 22 heavy (non-hydrogen) atoms. The number of halogens is 1. The maximum absolute atomic E-state index is 11.7. The Morgan fingerprint density at radius 2 is 1.68 bits per heavy atom. The summed E-state index contributed by atoms with van der Waals surface area (Å²) in [6.07, 6.45) is 0.